The summed E-state index contributed by atoms with van der Waals surface area (Å²) in [7, 11) is 0. The van der Waals surface area contributed by atoms with E-state index in [2.05, 4.69) is 15.5 Å². The summed E-state index contributed by atoms with van der Waals surface area (Å²) in [5, 5.41) is 1.87. The summed E-state index contributed by atoms with van der Waals surface area (Å²) in [5.74, 6) is 0. The second kappa shape index (κ2) is 2.22. The molecule has 2 aromatic heterocycles. The van der Waals surface area contributed by atoms with E-state index in [0.717, 1.165) is 11.4 Å². The molecule has 0 N–H and O–H groups in total. The van der Waals surface area contributed by atoms with Crippen LogP contribution in [0, 0.1) is 5.51 Å². The molecule has 0 aromatic carbocycles. The summed E-state index contributed by atoms with van der Waals surface area (Å²) >= 11 is 1.42. The Kier molecular flexibility index (Phi) is 1.25. The molecule has 0 amide bonds. The highest BCUT2D eigenvalue weighted by atomic mass is 32.1. The second-order valence-corrected chi connectivity index (χ2v) is 2.35. The quantitative estimate of drug-likeness (QED) is 0.621. The monoisotopic (exact) mass is 151 g/mol. The van der Waals surface area contributed by atoms with E-state index < -0.39 is 0 Å². The van der Waals surface area contributed by atoms with Crippen molar-refractivity contribution >= 4 is 11.3 Å². The SMILES string of the molecule is [c]1nc(-c2cocn2)cs1. The summed E-state index contributed by atoms with van der Waals surface area (Å²) in [6.07, 6.45) is 2.94. The van der Waals surface area contributed by atoms with E-state index in [0.29, 0.717) is 0 Å². The van der Waals surface area contributed by atoms with Crippen LogP contribution in [-0.2, 0) is 0 Å². The van der Waals surface area contributed by atoms with Crippen LogP contribution in [0.2, 0.25) is 0 Å². The third kappa shape index (κ3) is 0.823. The van der Waals surface area contributed by atoms with Crippen molar-refractivity contribution in [2.45, 2.75) is 0 Å². The lowest BCUT2D eigenvalue weighted by molar-refractivity contribution is 0.558. The number of oxazole rings is 1. The number of aromatic nitrogens is 2. The van der Waals surface area contributed by atoms with Crippen molar-refractivity contribution in [3.8, 4) is 11.4 Å². The van der Waals surface area contributed by atoms with Crippen LogP contribution in [0.4, 0.5) is 0 Å². The molecule has 10 heavy (non-hydrogen) atoms. The van der Waals surface area contributed by atoms with E-state index in [9.17, 15) is 0 Å². The lowest BCUT2D eigenvalue weighted by Crippen LogP contribution is -1.73. The van der Waals surface area contributed by atoms with E-state index in [1.165, 1.54) is 17.7 Å². The topological polar surface area (TPSA) is 38.9 Å². The van der Waals surface area contributed by atoms with E-state index in [-0.39, 0.29) is 0 Å². The zero-order valence-electron chi connectivity index (χ0n) is 4.94. The molecular formula is C6H3N2OS. The highest BCUT2D eigenvalue weighted by molar-refractivity contribution is 7.07. The van der Waals surface area contributed by atoms with E-state index in [1.54, 1.807) is 6.26 Å². The molecule has 0 saturated heterocycles. The molecule has 0 aliphatic heterocycles. The molecule has 0 saturated carbocycles. The molecular weight excluding hydrogens is 148 g/mol. The van der Waals surface area contributed by atoms with Crippen molar-refractivity contribution in [3.05, 3.63) is 23.5 Å². The van der Waals surface area contributed by atoms with Gasteiger partial charge >= 0.3 is 0 Å². The first-order valence-corrected chi connectivity index (χ1v) is 3.55. The van der Waals surface area contributed by atoms with E-state index in [1.807, 2.05) is 5.38 Å². The van der Waals surface area contributed by atoms with Gasteiger partial charge in [-0.05, 0) is 0 Å². The van der Waals surface area contributed by atoms with Crippen LogP contribution in [-0.4, -0.2) is 9.97 Å². The first-order valence-electron chi connectivity index (χ1n) is 2.67. The smallest absolute Gasteiger partial charge is 0.181 e. The largest absolute Gasteiger partial charge is 0.451 e. The molecule has 3 nitrogen and oxygen atoms in total. The normalized spacial score (nSPS) is 10.0. The zero-order valence-corrected chi connectivity index (χ0v) is 5.76. The van der Waals surface area contributed by atoms with Crippen LogP contribution in [0.1, 0.15) is 0 Å². The highest BCUT2D eigenvalue weighted by Gasteiger charge is 2.00. The van der Waals surface area contributed by atoms with Crippen molar-refractivity contribution in [2.24, 2.45) is 0 Å². The first kappa shape index (κ1) is 5.61. The van der Waals surface area contributed by atoms with Gasteiger partial charge in [-0.25, -0.2) is 9.97 Å². The maximum absolute atomic E-state index is 4.78. The number of thiazole rings is 1. The summed E-state index contributed by atoms with van der Waals surface area (Å²) in [6, 6.07) is 0. The summed E-state index contributed by atoms with van der Waals surface area (Å²) in [6.45, 7) is 0. The molecule has 0 fully saturated rings. The van der Waals surface area contributed by atoms with Gasteiger partial charge in [0.1, 0.15) is 17.7 Å². The Morgan fingerprint density at radius 3 is 3.10 bits per heavy atom. The van der Waals surface area contributed by atoms with Crippen molar-refractivity contribution in [1.29, 1.82) is 0 Å². The standard InChI is InChI=1S/C6H3N2OS/c1-5(7-3-9-1)6-2-10-4-8-6/h1-3H. The highest BCUT2D eigenvalue weighted by Crippen LogP contribution is 2.14. The fraction of sp³-hybridized carbons (Fsp3) is 0. The van der Waals surface area contributed by atoms with Crippen molar-refractivity contribution in [1.82, 2.24) is 9.97 Å². The summed E-state index contributed by atoms with van der Waals surface area (Å²) in [5.41, 5.74) is 4.31. The Morgan fingerprint density at radius 2 is 2.50 bits per heavy atom. The molecule has 49 valence electrons. The van der Waals surface area contributed by atoms with Gasteiger partial charge in [-0.15, -0.1) is 11.3 Å². The number of hydrogen-bond donors (Lipinski definition) is 0. The predicted octanol–water partition coefficient (Wildman–Crippen LogP) is 1.60. The van der Waals surface area contributed by atoms with Crippen LogP contribution in [0.3, 0.4) is 0 Å². The first-order chi connectivity index (χ1) is 4.97. The maximum Gasteiger partial charge on any atom is 0.181 e. The molecule has 0 aliphatic rings. The van der Waals surface area contributed by atoms with Crippen molar-refractivity contribution in [2.75, 3.05) is 0 Å². The van der Waals surface area contributed by atoms with Gasteiger partial charge in [0.05, 0.1) is 0 Å². The number of rotatable bonds is 1. The van der Waals surface area contributed by atoms with Gasteiger partial charge in [-0.2, -0.15) is 0 Å². The van der Waals surface area contributed by atoms with Crippen LogP contribution in [0.15, 0.2) is 22.5 Å². The Labute approximate surface area is 61.4 Å². The van der Waals surface area contributed by atoms with Gasteiger partial charge in [0, 0.05) is 5.38 Å². The minimum Gasteiger partial charge on any atom is -0.451 e. The minimum atomic E-state index is 0.762. The molecule has 2 rings (SSSR count). The molecule has 0 bridgehead atoms. The van der Waals surface area contributed by atoms with Gasteiger partial charge in [0.25, 0.3) is 0 Å². The lowest BCUT2D eigenvalue weighted by atomic mass is 10.4. The lowest BCUT2D eigenvalue weighted by Gasteiger charge is -1.80. The Balaban J connectivity index is 2.48. The third-order valence-corrected chi connectivity index (χ3v) is 1.62. The predicted molar refractivity (Wildman–Crippen MR) is 36.4 cm³/mol. The Bertz CT molecular complexity index is 255. The van der Waals surface area contributed by atoms with Crippen LogP contribution in [0.5, 0.6) is 0 Å². The fourth-order valence-electron chi connectivity index (χ4n) is 0.641. The van der Waals surface area contributed by atoms with Crippen LogP contribution in [0.25, 0.3) is 11.4 Å². The van der Waals surface area contributed by atoms with Gasteiger partial charge in [-0.1, -0.05) is 0 Å². The Morgan fingerprint density at radius 1 is 1.50 bits per heavy atom. The summed E-state index contributed by atoms with van der Waals surface area (Å²) < 4.78 is 4.78. The molecule has 1 radical (unpaired) electrons. The second-order valence-electron chi connectivity index (χ2n) is 1.70. The van der Waals surface area contributed by atoms with Crippen molar-refractivity contribution < 1.29 is 4.42 Å². The van der Waals surface area contributed by atoms with Gasteiger partial charge in [0.15, 0.2) is 11.9 Å². The minimum absolute atomic E-state index is 0.762. The van der Waals surface area contributed by atoms with Gasteiger partial charge in [0.2, 0.25) is 0 Å². The zero-order chi connectivity index (χ0) is 6.81. The molecule has 0 aliphatic carbocycles. The molecule has 0 atom stereocenters. The van der Waals surface area contributed by atoms with Gasteiger partial charge < -0.3 is 4.42 Å². The maximum atomic E-state index is 4.78. The van der Waals surface area contributed by atoms with Crippen LogP contribution < -0.4 is 0 Å². The number of hydrogen-bond acceptors (Lipinski definition) is 4. The van der Waals surface area contributed by atoms with Crippen molar-refractivity contribution in [3.63, 3.8) is 0 Å². The average molecular weight is 151 g/mol. The molecule has 4 heteroatoms. The third-order valence-electron chi connectivity index (χ3n) is 1.08. The van der Waals surface area contributed by atoms with E-state index in [4.69, 9.17) is 4.42 Å². The molecule has 2 aromatic rings. The summed E-state index contributed by atoms with van der Waals surface area (Å²) in [4.78, 5) is 7.85. The molecule has 0 spiro atoms. The average Bonchev–Trinajstić information content (AvgIpc) is 2.59. The fourth-order valence-corrected chi connectivity index (χ4v) is 1.13. The van der Waals surface area contributed by atoms with Crippen LogP contribution >= 0.6 is 11.3 Å². The Hall–Kier alpha value is -1.16. The number of nitrogens with zero attached hydrogens (tertiary/aromatic N) is 2. The molecule has 2 heterocycles. The van der Waals surface area contributed by atoms with E-state index >= 15 is 0 Å². The van der Waals surface area contributed by atoms with Gasteiger partial charge in [-0.3, -0.25) is 0 Å². The molecule has 0 unspecified atom stereocenters.